The first kappa shape index (κ1) is 28.1. The first-order valence-electron chi connectivity index (χ1n) is 12.8. The Hall–Kier alpha value is -1.14. The molecule has 0 aromatic carbocycles. The number of likely N-dealkylation sites (tertiary alicyclic amines) is 2. The molecular formula is C27H50N2O4. The predicted molar refractivity (Wildman–Crippen MR) is 133 cm³/mol. The molecule has 0 spiro atoms. The van der Waals surface area contributed by atoms with Crippen molar-refractivity contribution in [2.45, 2.75) is 122 Å². The van der Waals surface area contributed by atoms with Gasteiger partial charge in [0.05, 0.1) is 0 Å². The first-order valence-corrected chi connectivity index (χ1v) is 12.8. The summed E-state index contributed by atoms with van der Waals surface area (Å²) < 4.78 is 0. The van der Waals surface area contributed by atoms with Gasteiger partial charge in [0.25, 0.3) is 0 Å². The number of carbonyl (C=O) groups is 2. The van der Waals surface area contributed by atoms with Crippen molar-refractivity contribution in [3.63, 3.8) is 0 Å². The second-order valence-electron chi connectivity index (χ2n) is 13.5. The molecule has 6 nitrogen and oxygen atoms in total. The third kappa shape index (κ3) is 6.11. The van der Waals surface area contributed by atoms with E-state index < -0.39 is 17.9 Å². The fourth-order valence-corrected chi connectivity index (χ4v) is 7.27. The van der Waals surface area contributed by atoms with Gasteiger partial charge in [0.15, 0.2) is 5.92 Å². The highest BCUT2D eigenvalue weighted by Gasteiger charge is 2.50. The van der Waals surface area contributed by atoms with Crippen LogP contribution in [0.2, 0.25) is 0 Å². The lowest BCUT2D eigenvalue weighted by Crippen LogP contribution is -2.62. The number of rotatable bonds is 8. The maximum Gasteiger partial charge on any atom is 0.317 e. The van der Waals surface area contributed by atoms with Crippen molar-refractivity contribution >= 4 is 11.9 Å². The average molecular weight is 467 g/mol. The number of hydrogen-bond acceptors (Lipinski definition) is 4. The molecule has 2 N–H and O–H groups in total. The van der Waals surface area contributed by atoms with E-state index in [0.717, 1.165) is 32.1 Å². The van der Waals surface area contributed by atoms with Crippen LogP contribution < -0.4 is 0 Å². The molecule has 0 saturated carbocycles. The van der Waals surface area contributed by atoms with Crippen LogP contribution in [0.5, 0.6) is 0 Å². The molecule has 0 aromatic rings. The summed E-state index contributed by atoms with van der Waals surface area (Å²) in [6.07, 6.45) is 6.22. The topological polar surface area (TPSA) is 81.1 Å². The van der Waals surface area contributed by atoms with Crippen LogP contribution in [0, 0.1) is 23.7 Å². The molecule has 2 fully saturated rings. The lowest BCUT2D eigenvalue weighted by atomic mass is 9.60. The summed E-state index contributed by atoms with van der Waals surface area (Å²) in [5, 5.41) is 18.7. The summed E-state index contributed by atoms with van der Waals surface area (Å²) in [4.78, 5) is 27.9. The Kier molecular flexibility index (Phi) is 8.08. The third-order valence-corrected chi connectivity index (χ3v) is 9.52. The largest absolute Gasteiger partial charge is 0.481 e. The molecule has 0 radical (unpaired) electrons. The van der Waals surface area contributed by atoms with Crippen molar-refractivity contribution in [2.24, 2.45) is 23.7 Å². The van der Waals surface area contributed by atoms with Crippen molar-refractivity contribution in [1.29, 1.82) is 0 Å². The van der Waals surface area contributed by atoms with Gasteiger partial charge in [0.1, 0.15) is 0 Å². The van der Waals surface area contributed by atoms with Gasteiger partial charge in [-0.1, -0.05) is 6.42 Å². The number of piperidine rings is 2. The van der Waals surface area contributed by atoms with E-state index in [4.69, 9.17) is 0 Å². The van der Waals surface area contributed by atoms with Gasteiger partial charge in [-0.05, 0) is 126 Å². The Labute approximate surface area is 202 Å². The number of carboxylic acids is 2. The van der Waals surface area contributed by atoms with Crippen molar-refractivity contribution in [3.8, 4) is 0 Å². The molecule has 2 heterocycles. The molecule has 0 amide bonds. The van der Waals surface area contributed by atoms with Crippen LogP contribution in [0.25, 0.3) is 0 Å². The maximum atomic E-state index is 11.4. The van der Waals surface area contributed by atoms with Crippen LogP contribution in [-0.2, 0) is 9.59 Å². The summed E-state index contributed by atoms with van der Waals surface area (Å²) in [5.41, 5.74) is 0.356. The van der Waals surface area contributed by atoms with Crippen LogP contribution >= 0.6 is 0 Å². The summed E-state index contributed by atoms with van der Waals surface area (Å²) in [7, 11) is 4.47. The molecule has 6 heteroatoms. The Morgan fingerprint density at radius 2 is 1.00 bits per heavy atom. The van der Waals surface area contributed by atoms with Crippen LogP contribution in [0.4, 0.5) is 0 Å². The van der Waals surface area contributed by atoms with Crippen molar-refractivity contribution in [2.75, 3.05) is 14.1 Å². The summed E-state index contributed by atoms with van der Waals surface area (Å²) >= 11 is 0. The van der Waals surface area contributed by atoms with E-state index in [1.165, 1.54) is 0 Å². The highest BCUT2D eigenvalue weighted by Crippen LogP contribution is 2.51. The Morgan fingerprint density at radius 1 is 0.697 bits per heavy atom. The molecule has 0 aromatic heterocycles. The Bertz CT molecular complexity index is 636. The van der Waals surface area contributed by atoms with Crippen molar-refractivity contribution in [1.82, 2.24) is 9.80 Å². The number of aliphatic carboxylic acids is 2. The highest BCUT2D eigenvalue weighted by atomic mass is 16.4. The molecule has 33 heavy (non-hydrogen) atoms. The van der Waals surface area contributed by atoms with E-state index in [1.54, 1.807) is 0 Å². The van der Waals surface area contributed by atoms with Gasteiger partial charge in [-0.15, -0.1) is 0 Å². The fraction of sp³-hybridized carbons (Fsp3) is 0.926. The van der Waals surface area contributed by atoms with Gasteiger partial charge in [0.2, 0.25) is 0 Å². The van der Waals surface area contributed by atoms with E-state index in [0.29, 0.717) is 24.2 Å². The predicted octanol–water partition coefficient (Wildman–Crippen LogP) is 5.36. The smallest absolute Gasteiger partial charge is 0.317 e. The van der Waals surface area contributed by atoms with Gasteiger partial charge in [-0.3, -0.25) is 19.4 Å². The third-order valence-electron chi connectivity index (χ3n) is 9.52. The molecule has 0 unspecified atom stereocenters. The van der Waals surface area contributed by atoms with E-state index in [-0.39, 0.29) is 28.6 Å². The number of nitrogens with zero attached hydrogens (tertiary/aromatic N) is 2. The van der Waals surface area contributed by atoms with E-state index in [1.807, 2.05) is 0 Å². The minimum atomic E-state index is -1.30. The molecule has 0 atom stereocenters. The summed E-state index contributed by atoms with van der Waals surface area (Å²) in [6, 6.07) is 0. The molecular weight excluding hydrogens is 416 g/mol. The molecule has 2 saturated heterocycles. The van der Waals surface area contributed by atoms with Crippen molar-refractivity contribution in [3.05, 3.63) is 0 Å². The standard InChI is InChI=1S/C27H50N2O4/c1-24(2)14-18(15-25(3,4)28(24)9)20(12-11-13-21(22(30)31)23(32)33)19-16-26(5,6)29(10)27(7,8)17-19/h18-21H,11-17H2,1-10H3,(H,30,31)(H,32,33). The SMILES string of the molecule is CN1C(C)(C)CC(C(CCCC(C(=O)O)C(=O)O)C2CC(C)(C)N(C)C(C)(C)C2)CC1(C)C. The summed E-state index contributed by atoms with van der Waals surface area (Å²) in [6.45, 7) is 18.7. The monoisotopic (exact) mass is 466 g/mol. The van der Waals surface area contributed by atoms with Crippen LogP contribution in [0.15, 0.2) is 0 Å². The molecule has 192 valence electrons. The zero-order valence-corrected chi connectivity index (χ0v) is 22.9. The molecule has 2 aliphatic rings. The lowest BCUT2D eigenvalue weighted by molar-refractivity contribution is -0.154. The quantitative estimate of drug-likeness (QED) is 0.469. The minimum Gasteiger partial charge on any atom is -0.481 e. The van der Waals surface area contributed by atoms with E-state index >= 15 is 0 Å². The van der Waals surface area contributed by atoms with Gasteiger partial charge >= 0.3 is 11.9 Å². The van der Waals surface area contributed by atoms with Gasteiger partial charge in [-0.25, -0.2) is 0 Å². The van der Waals surface area contributed by atoms with Gasteiger partial charge in [0, 0.05) is 22.2 Å². The number of carboxylic acid groups (broad SMARTS) is 2. The fourth-order valence-electron chi connectivity index (χ4n) is 7.27. The second-order valence-corrected chi connectivity index (χ2v) is 13.5. The number of hydrogen-bond donors (Lipinski definition) is 2. The molecule has 2 rings (SSSR count). The van der Waals surface area contributed by atoms with E-state index in [2.05, 4.69) is 79.3 Å². The second kappa shape index (κ2) is 9.49. The molecule has 0 aliphatic carbocycles. The van der Waals surface area contributed by atoms with Gasteiger partial charge < -0.3 is 10.2 Å². The van der Waals surface area contributed by atoms with Crippen LogP contribution in [0.1, 0.15) is 100 Å². The average Bonchev–Trinajstić information content (AvgIpc) is 2.62. The van der Waals surface area contributed by atoms with Crippen LogP contribution in [-0.4, -0.2) is 68.2 Å². The molecule has 0 bridgehead atoms. The minimum absolute atomic E-state index is 0.0891. The Morgan fingerprint density at radius 3 is 1.27 bits per heavy atom. The summed E-state index contributed by atoms with van der Waals surface area (Å²) in [5.74, 6) is -2.20. The lowest BCUT2D eigenvalue weighted by Gasteiger charge is -2.59. The maximum absolute atomic E-state index is 11.4. The zero-order valence-electron chi connectivity index (χ0n) is 22.9. The van der Waals surface area contributed by atoms with Crippen LogP contribution in [0.3, 0.4) is 0 Å². The zero-order chi connectivity index (χ0) is 25.6. The molecule has 2 aliphatic heterocycles. The highest BCUT2D eigenvalue weighted by molar-refractivity contribution is 5.92. The van der Waals surface area contributed by atoms with Crippen molar-refractivity contribution < 1.29 is 19.8 Å². The van der Waals surface area contributed by atoms with Gasteiger partial charge in [-0.2, -0.15) is 0 Å². The normalized spacial score (nSPS) is 26.1. The Balaban J connectivity index is 2.34. The van der Waals surface area contributed by atoms with E-state index in [9.17, 15) is 19.8 Å². The first-order chi connectivity index (χ1) is 14.8.